The van der Waals surface area contributed by atoms with Gasteiger partial charge in [0.15, 0.2) is 0 Å². The van der Waals surface area contributed by atoms with Gasteiger partial charge in [-0.15, -0.1) is 0 Å². The van der Waals surface area contributed by atoms with Crippen LogP contribution >= 0.6 is 0 Å². The Morgan fingerprint density at radius 2 is 2.10 bits per heavy atom. The lowest BCUT2D eigenvalue weighted by molar-refractivity contribution is -0.0398. The van der Waals surface area contributed by atoms with Crippen molar-refractivity contribution < 1.29 is 14.6 Å². The molecule has 2 rings (SSSR count). The Labute approximate surface area is 120 Å². The molecule has 0 unspecified atom stereocenters. The number of aromatic carboxylic acids is 1. The molecule has 1 aromatic carbocycles. The van der Waals surface area contributed by atoms with E-state index in [9.17, 15) is 4.79 Å². The summed E-state index contributed by atoms with van der Waals surface area (Å²) in [6.07, 6.45) is 3.36. The third kappa shape index (κ3) is 3.58. The quantitative estimate of drug-likeness (QED) is 0.831. The molecule has 110 valence electrons. The SMILES string of the molecule is CCOC1CC(N(C)CCc2ccccc2C(=O)O)C1. The molecule has 1 aliphatic carbocycles. The lowest BCUT2D eigenvalue weighted by atomic mass is 9.88. The average Bonchev–Trinajstić information content (AvgIpc) is 2.40. The molecule has 1 N–H and O–H groups in total. The first kappa shape index (κ1) is 15.0. The fraction of sp³-hybridized carbons (Fsp3) is 0.562. The maximum Gasteiger partial charge on any atom is 0.335 e. The van der Waals surface area contributed by atoms with Crippen molar-refractivity contribution in [1.29, 1.82) is 0 Å². The van der Waals surface area contributed by atoms with Crippen LogP contribution in [0.5, 0.6) is 0 Å². The summed E-state index contributed by atoms with van der Waals surface area (Å²) in [4.78, 5) is 13.5. The van der Waals surface area contributed by atoms with Gasteiger partial charge in [-0.2, -0.15) is 0 Å². The monoisotopic (exact) mass is 277 g/mol. The van der Waals surface area contributed by atoms with E-state index in [-0.39, 0.29) is 0 Å². The van der Waals surface area contributed by atoms with Crippen LogP contribution in [0, 0.1) is 0 Å². The third-order valence-electron chi connectivity index (χ3n) is 4.08. The van der Waals surface area contributed by atoms with Crippen LogP contribution in [0.25, 0.3) is 0 Å². The largest absolute Gasteiger partial charge is 0.478 e. The summed E-state index contributed by atoms with van der Waals surface area (Å²) in [5, 5.41) is 9.16. The number of hydrogen-bond acceptors (Lipinski definition) is 3. The lowest BCUT2D eigenvalue weighted by Gasteiger charge is -2.40. The molecular formula is C16H23NO3. The van der Waals surface area contributed by atoms with Crippen molar-refractivity contribution >= 4 is 5.97 Å². The van der Waals surface area contributed by atoms with Crippen molar-refractivity contribution in [3.05, 3.63) is 35.4 Å². The molecule has 1 aromatic rings. The highest BCUT2D eigenvalue weighted by Gasteiger charge is 2.32. The van der Waals surface area contributed by atoms with Crippen molar-refractivity contribution in [2.24, 2.45) is 0 Å². The molecule has 0 aromatic heterocycles. The molecule has 0 aliphatic heterocycles. The van der Waals surface area contributed by atoms with Crippen LogP contribution in [-0.4, -0.2) is 48.3 Å². The smallest absolute Gasteiger partial charge is 0.335 e. The highest BCUT2D eigenvalue weighted by molar-refractivity contribution is 5.89. The number of nitrogens with zero attached hydrogens (tertiary/aromatic N) is 1. The zero-order chi connectivity index (χ0) is 14.5. The van der Waals surface area contributed by atoms with E-state index in [2.05, 4.69) is 11.9 Å². The topological polar surface area (TPSA) is 49.8 Å². The number of ether oxygens (including phenoxy) is 1. The second-order valence-electron chi connectivity index (χ2n) is 5.40. The predicted molar refractivity (Wildman–Crippen MR) is 78.2 cm³/mol. The summed E-state index contributed by atoms with van der Waals surface area (Å²) in [5.41, 5.74) is 1.33. The second-order valence-corrected chi connectivity index (χ2v) is 5.40. The number of carbonyl (C=O) groups is 1. The van der Waals surface area contributed by atoms with Gasteiger partial charge in [0.1, 0.15) is 0 Å². The van der Waals surface area contributed by atoms with E-state index >= 15 is 0 Å². The Kier molecular flexibility index (Phi) is 5.15. The number of carboxylic acids is 1. The van der Waals surface area contributed by atoms with Gasteiger partial charge in [-0.1, -0.05) is 18.2 Å². The molecule has 0 saturated heterocycles. The van der Waals surface area contributed by atoms with E-state index < -0.39 is 5.97 Å². The summed E-state index contributed by atoms with van der Waals surface area (Å²) in [6.45, 7) is 3.70. The zero-order valence-corrected chi connectivity index (χ0v) is 12.2. The van der Waals surface area contributed by atoms with Crippen molar-refractivity contribution in [2.75, 3.05) is 20.2 Å². The fourth-order valence-electron chi connectivity index (χ4n) is 2.70. The van der Waals surface area contributed by atoms with Crippen molar-refractivity contribution in [1.82, 2.24) is 4.90 Å². The van der Waals surface area contributed by atoms with Gasteiger partial charge in [-0.05, 0) is 44.9 Å². The van der Waals surface area contributed by atoms with Crippen molar-refractivity contribution in [3.63, 3.8) is 0 Å². The van der Waals surface area contributed by atoms with Crippen molar-refractivity contribution in [3.8, 4) is 0 Å². The van der Waals surface area contributed by atoms with Crippen LogP contribution < -0.4 is 0 Å². The molecule has 0 atom stereocenters. The Balaban J connectivity index is 1.82. The first-order chi connectivity index (χ1) is 9.61. The van der Waals surface area contributed by atoms with Crippen LogP contribution in [0.4, 0.5) is 0 Å². The van der Waals surface area contributed by atoms with Gasteiger partial charge in [-0.3, -0.25) is 0 Å². The summed E-state index contributed by atoms with van der Waals surface area (Å²) < 4.78 is 5.57. The van der Waals surface area contributed by atoms with Crippen LogP contribution in [0.2, 0.25) is 0 Å². The van der Waals surface area contributed by atoms with E-state index in [0.29, 0.717) is 17.7 Å². The number of carboxylic acid groups (broad SMARTS) is 1. The van der Waals surface area contributed by atoms with Crippen LogP contribution in [0.15, 0.2) is 24.3 Å². The molecule has 4 nitrogen and oxygen atoms in total. The Bertz CT molecular complexity index is 455. The van der Waals surface area contributed by atoms with Gasteiger partial charge >= 0.3 is 5.97 Å². The first-order valence-corrected chi connectivity index (χ1v) is 7.24. The number of benzene rings is 1. The molecule has 1 fully saturated rings. The molecule has 0 bridgehead atoms. The van der Waals surface area contributed by atoms with Crippen LogP contribution in [-0.2, 0) is 11.2 Å². The van der Waals surface area contributed by atoms with E-state index in [0.717, 1.165) is 38.0 Å². The maximum atomic E-state index is 11.2. The number of hydrogen-bond donors (Lipinski definition) is 1. The van der Waals surface area contributed by atoms with E-state index in [1.54, 1.807) is 12.1 Å². The van der Waals surface area contributed by atoms with Crippen molar-refractivity contribution in [2.45, 2.75) is 38.3 Å². The molecule has 1 saturated carbocycles. The van der Waals surface area contributed by atoms with Gasteiger partial charge < -0.3 is 14.7 Å². The lowest BCUT2D eigenvalue weighted by Crippen LogP contribution is -2.47. The highest BCUT2D eigenvalue weighted by Crippen LogP contribution is 2.27. The fourth-order valence-corrected chi connectivity index (χ4v) is 2.70. The van der Waals surface area contributed by atoms with Gasteiger partial charge in [0.25, 0.3) is 0 Å². The van der Waals surface area contributed by atoms with Gasteiger partial charge in [0, 0.05) is 19.2 Å². The van der Waals surface area contributed by atoms with Crippen LogP contribution in [0.3, 0.4) is 0 Å². The third-order valence-corrected chi connectivity index (χ3v) is 4.08. The zero-order valence-electron chi connectivity index (χ0n) is 12.2. The minimum atomic E-state index is -0.844. The predicted octanol–water partition coefficient (Wildman–Crippen LogP) is 2.43. The summed E-state index contributed by atoms with van der Waals surface area (Å²) in [5.74, 6) is -0.844. The van der Waals surface area contributed by atoms with Gasteiger partial charge in [0.05, 0.1) is 11.7 Å². The molecular weight excluding hydrogens is 254 g/mol. The Morgan fingerprint density at radius 1 is 1.40 bits per heavy atom. The average molecular weight is 277 g/mol. The van der Waals surface area contributed by atoms with E-state index in [4.69, 9.17) is 9.84 Å². The molecule has 1 aliphatic rings. The van der Waals surface area contributed by atoms with E-state index in [1.807, 2.05) is 19.1 Å². The first-order valence-electron chi connectivity index (χ1n) is 7.24. The van der Waals surface area contributed by atoms with Gasteiger partial charge in [0.2, 0.25) is 0 Å². The summed E-state index contributed by atoms with van der Waals surface area (Å²) in [6, 6.07) is 7.82. The summed E-state index contributed by atoms with van der Waals surface area (Å²) >= 11 is 0. The maximum absolute atomic E-state index is 11.2. The molecule has 0 radical (unpaired) electrons. The minimum Gasteiger partial charge on any atom is -0.478 e. The second kappa shape index (κ2) is 6.86. The minimum absolute atomic E-state index is 0.416. The molecule has 20 heavy (non-hydrogen) atoms. The summed E-state index contributed by atoms with van der Waals surface area (Å²) in [7, 11) is 2.11. The number of likely N-dealkylation sites (N-methyl/N-ethyl adjacent to an activating group) is 1. The van der Waals surface area contributed by atoms with Gasteiger partial charge in [-0.25, -0.2) is 4.79 Å². The standard InChI is InChI=1S/C16H23NO3/c1-3-20-14-10-13(11-14)17(2)9-8-12-6-4-5-7-15(12)16(18)19/h4-7,13-14H,3,8-11H2,1-2H3,(H,18,19). The normalized spacial score (nSPS) is 21.8. The molecule has 0 amide bonds. The Hall–Kier alpha value is -1.39. The number of rotatable bonds is 7. The molecule has 0 spiro atoms. The van der Waals surface area contributed by atoms with E-state index in [1.165, 1.54) is 0 Å². The Morgan fingerprint density at radius 3 is 2.75 bits per heavy atom. The highest BCUT2D eigenvalue weighted by atomic mass is 16.5. The molecule has 4 heteroatoms. The molecule has 0 heterocycles. The van der Waals surface area contributed by atoms with Crippen LogP contribution in [0.1, 0.15) is 35.7 Å².